The molecule has 0 bridgehead atoms. The lowest BCUT2D eigenvalue weighted by molar-refractivity contribution is -0.384. The van der Waals surface area contributed by atoms with Gasteiger partial charge in [-0.2, -0.15) is 0 Å². The molecule has 0 saturated carbocycles. The molecule has 3 aromatic rings. The molecule has 134 valence electrons. The van der Waals surface area contributed by atoms with Gasteiger partial charge in [-0.25, -0.2) is 4.98 Å². The Kier molecular flexibility index (Phi) is 4.40. The maximum Gasteiger partial charge on any atom is 0.270 e. The molecule has 1 aromatic heterocycles. The summed E-state index contributed by atoms with van der Waals surface area (Å²) in [5, 5.41) is 11.3. The third-order valence-corrected chi connectivity index (χ3v) is 4.47. The fraction of sp³-hybridized carbons (Fsp3) is 0.0952. The summed E-state index contributed by atoms with van der Waals surface area (Å²) in [5.41, 5.74) is 11.2. The summed E-state index contributed by atoms with van der Waals surface area (Å²) < 4.78 is 5.65. The summed E-state index contributed by atoms with van der Waals surface area (Å²) in [5.74, 6) is 0.492. The molecule has 6 nitrogen and oxygen atoms in total. The average Bonchev–Trinajstić information content (AvgIpc) is 3.00. The van der Waals surface area contributed by atoms with Crippen LogP contribution in [0, 0.1) is 10.1 Å². The number of aromatic nitrogens is 1. The highest BCUT2D eigenvalue weighted by Gasteiger charge is 2.25. The molecule has 2 aromatic carbocycles. The topological polar surface area (TPSA) is 91.3 Å². The smallest absolute Gasteiger partial charge is 0.270 e. The van der Waals surface area contributed by atoms with Gasteiger partial charge in [0.25, 0.3) is 5.69 Å². The second-order valence-corrected chi connectivity index (χ2v) is 6.13. The third kappa shape index (κ3) is 3.07. The second kappa shape index (κ2) is 7.01. The summed E-state index contributed by atoms with van der Waals surface area (Å²) in [6, 6.07) is 16.7. The van der Waals surface area contributed by atoms with Crippen LogP contribution in [0.4, 0.5) is 5.69 Å². The molecule has 4 rings (SSSR count). The first kappa shape index (κ1) is 16.9. The molecule has 0 saturated heterocycles. The number of hydrogen-bond donors (Lipinski definition) is 1. The molecule has 1 heterocycles. The minimum atomic E-state index is -0.374. The molecule has 27 heavy (non-hydrogen) atoms. The van der Waals surface area contributed by atoms with Gasteiger partial charge in [-0.1, -0.05) is 24.3 Å². The number of ether oxygens (including phenoxy) is 1. The predicted octanol–water partition coefficient (Wildman–Crippen LogP) is 3.90. The van der Waals surface area contributed by atoms with Crippen LogP contribution >= 0.6 is 0 Å². The van der Waals surface area contributed by atoms with E-state index in [9.17, 15) is 10.1 Å². The molecular weight excluding hydrogens is 342 g/mol. The number of hydrogen-bond acceptors (Lipinski definition) is 5. The fourth-order valence-electron chi connectivity index (χ4n) is 3.30. The summed E-state index contributed by atoms with van der Waals surface area (Å²) in [6.07, 6.45) is 3.63. The van der Waals surface area contributed by atoms with Crippen molar-refractivity contribution in [3.63, 3.8) is 0 Å². The molecule has 1 aliphatic carbocycles. The molecule has 0 fully saturated rings. The second-order valence-electron chi connectivity index (χ2n) is 6.13. The monoisotopic (exact) mass is 359 g/mol. The van der Waals surface area contributed by atoms with E-state index >= 15 is 0 Å². The van der Waals surface area contributed by atoms with Crippen LogP contribution in [0.5, 0.6) is 5.88 Å². The highest BCUT2D eigenvalue weighted by molar-refractivity contribution is 6.07. The first-order valence-corrected chi connectivity index (χ1v) is 8.57. The van der Waals surface area contributed by atoms with Crippen LogP contribution in [0.25, 0.3) is 22.8 Å². The van der Waals surface area contributed by atoms with E-state index < -0.39 is 0 Å². The van der Waals surface area contributed by atoms with Gasteiger partial charge in [0.15, 0.2) is 0 Å². The van der Waals surface area contributed by atoms with Crippen molar-refractivity contribution >= 4 is 17.3 Å². The average molecular weight is 359 g/mol. The Morgan fingerprint density at radius 1 is 1.04 bits per heavy atom. The lowest BCUT2D eigenvalue weighted by Gasteiger charge is -2.08. The molecule has 1 aliphatic rings. The van der Waals surface area contributed by atoms with Crippen LogP contribution in [0.15, 0.2) is 60.8 Å². The zero-order valence-corrected chi connectivity index (χ0v) is 14.5. The Labute approximate surface area is 156 Å². The molecule has 6 heteroatoms. The summed E-state index contributed by atoms with van der Waals surface area (Å²) in [4.78, 5) is 15.2. The summed E-state index contributed by atoms with van der Waals surface area (Å²) in [6.45, 7) is 0.760. The van der Waals surface area contributed by atoms with Gasteiger partial charge in [-0.05, 0) is 52.1 Å². The highest BCUT2D eigenvalue weighted by atomic mass is 16.6. The summed E-state index contributed by atoms with van der Waals surface area (Å²) >= 11 is 0. The van der Waals surface area contributed by atoms with Gasteiger partial charge in [0, 0.05) is 30.4 Å². The normalized spacial score (nSPS) is 13.3. The first-order chi connectivity index (χ1) is 13.2. The van der Waals surface area contributed by atoms with Crippen LogP contribution in [-0.2, 0) is 0 Å². The van der Waals surface area contributed by atoms with Gasteiger partial charge in [-0.3, -0.25) is 10.1 Å². The molecule has 0 radical (unpaired) electrons. The number of rotatable bonds is 5. The van der Waals surface area contributed by atoms with Crippen molar-refractivity contribution < 1.29 is 9.66 Å². The standard InChI is InChI=1S/C21H17N3O3/c22-9-11-27-21-14(4-3-10-23-21)12-19-17-6-2-1-5-16(17)18-8-7-15(24(25)26)13-20(18)19/h1-8,10,12-13H,9,11,22H2/b19-12+. The van der Waals surface area contributed by atoms with Gasteiger partial charge >= 0.3 is 0 Å². The van der Waals surface area contributed by atoms with Crippen LogP contribution in [0.1, 0.15) is 16.7 Å². The lowest BCUT2D eigenvalue weighted by atomic mass is 10.0. The van der Waals surface area contributed by atoms with Crippen LogP contribution in [0.2, 0.25) is 0 Å². The van der Waals surface area contributed by atoms with Crippen molar-refractivity contribution in [2.24, 2.45) is 5.73 Å². The Morgan fingerprint density at radius 2 is 1.81 bits per heavy atom. The number of benzene rings is 2. The van der Waals surface area contributed by atoms with E-state index in [0.29, 0.717) is 19.0 Å². The number of non-ortho nitro benzene ring substituents is 1. The lowest BCUT2D eigenvalue weighted by Crippen LogP contribution is -2.11. The maximum atomic E-state index is 11.3. The van der Waals surface area contributed by atoms with Crippen LogP contribution < -0.4 is 10.5 Å². The van der Waals surface area contributed by atoms with Crippen molar-refractivity contribution in [3.8, 4) is 17.0 Å². The number of pyridine rings is 1. The Balaban J connectivity index is 1.90. The number of nitrogens with zero attached hydrogens (tertiary/aromatic N) is 2. The van der Waals surface area contributed by atoms with Gasteiger partial charge in [-0.15, -0.1) is 0 Å². The van der Waals surface area contributed by atoms with E-state index in [0.717, 1.165) is 33.4 Å². The number of nitrogens with two attached hydrogens (primary N) is 1. The van der Waals surface area contributed by atoms with E-state index in [2.05, 4.69) is 4.98 Å². The molecule has 0 aliphatic heterocycles. The maximum absolute atomic E-state index is 11.3. The summed E-state index contributed by atoms with van der Waals surface area (Å²) in [7, 11) is 0. The van der Waals surface area contributed by atoms with E-state index in [-0.39, 0.29) is 10.6 Å². The number of nitro benzene ring substituents is 1. The van der Waals surface area contributed by atoms with Crippen molar-refractivity contribution in [2.45, 2.75) is 0 Å². The zero-order valence-electron chi connectivity index (χ0n) is 14.5. The van der Waals surface area contributed by atoms with E-state index in [1.807, 2.05) is 48.5 Å². The van der Waals surface area contributed by atoms with Gasteiger partial charge in [0.05, 0.1) is 4.92 Å². The van der Waals surface area contributed by atoms with Gasteiger partial charge in [0.2, 0.25) is 5.88 Å². The molecule has 2 N–H and O–H groups in total. The zero-order chi connectivity index (χ0) is 18.8. The minimum absolute atomic E-state index is 0.0678. The van der Waals surface area contributed by atoms with Gasteiger partial charge < -0.3 is 10.5 Å². The minimum Gasteiger partial charge on any atom is -0.476 e. The fourth-order valence-corrected chi connectivity index (χ4v) is 3.30. The Hall–Kier alpha value is -3.51. The number of nitro groups is 1. The van der Waals surface area contributed by atoms with Gasteiger partial charge in [0.1, 0.15) is 6.61 Å². The largest absolute Gasteiger partial charge is 0.476 e. The quantitative estimate of drug-likeness (QED) is 0.431. The molecule has 0 unspecified atom stereocenters. The van der Waals surface area contributed by atoms with Crippen molar-refractivity contribution in [1.82, 2.24) is 4.98 Å². The van der Waals surface area contributed by atoms with Crippen molar-refractivity contribution in [3.05, 3.63) is 87.6 Å². The van der Waals surface area contributed by atoms with Crippen LogP contribution in [0.3, 0.4) is 0 Å². The molecule has 0 atom stereocenters. The Morgan fingerprint density at radius 3 is 2.59 bits per heavy atom. The van der Waals surface area contributed by atoms with Crippen molar-refractivity contribution in [2.75, 3.05) is 13.2 Å². The van der Waals surface area contributed by atoms with E-state index in [1.54, 1.807) is 18.3 Å². The highest BCUT2D eigenvalue weighted by Crippen LogP contribution is 2.46. The van der Waals surface area contributed by atoms with E-state index in [4.69, 9.17) is 10.5 Å². The molecule has 0 amide bonds. The number of fused-ring (bicyclic) bond motifs is 3. The van der Waals surface area contributed by atoms with E-state index in [1.165, 1.54) is 0 Å². The SMILES string of the molecule is NCCOc1ncccc1/C=C1\c2ccccc2-c2ccc([N+](=O)[O-])cc21. The Bertz CT molecular complexity index is 1060. The van der Waals surface area contributed by atoms with Crippen LogP contribution in [-0.4, -0.2) is 23.1 Å². The molecule has 0 spiro atoms. The third-order valence-electron chi connectivity index (χ3n) is 4.47. The first-order valence-electron chi connectivity index (χ1n) is 8.57. The predicted molar refractivity (Wildman–Crippen MR) is 104 cm³/mol. The molecular formula is C21H17N3O3. The van der Waals surface area contributed by atoms with Crippen molar-refractivity contribution in [1.29, 1.82) is 0 Å².